The normalized spacial score (nSPS) is 17.8. The van der Waals surface area contributed by atoms with E-state index in [1.165, 1.54) is 5.56 Å². The summed E-state index contributed by atoms with van der Waals surface area (Å²) >= 11 is 0. The first-order chi connectivity index (χ1) is 16.1. The first kappa shape index (κ1) is 21.3. The number of carbonyl (C=O) groups excluding carboxylic acids is 1. The summed E-state index contributed by atoms with van der Waals surface area (Å²) in [5, 5.41) is 3.46. The molecule has 5 rings (SSSR count). The van der Waals surface area contributed by atoms with Crippen molar-refractivity contribution in [2.45, 2.75) is 19.8 Å². The number of hydrogen-bond donors (Lipinski definition) is 2. The van der Waals surface area contributed by atoms with Crippen LogP contribution in [-0.4, -0.2) is 53.6 Å². The molecule has 4 heterocycles. The summed E-state index contributed by atoms with van der Waals surface area (Å²) in [6.07, 6.45) is 6.30. The molecule has 0 radical (unpaired) electrons. The van der Waals surface area contributed by atoms with Gasteiger partial charge in [-0.25, -0.2) is 9.97 Å². The Labute approximate surface area is 193 Å². The second-order valence-electron chi connectivity index (χ2n) is 8.75. The number of ketones is 1. The number of fused-ring (bicyclic) bond motifs is 1. The molecule has 1 saturated heterocycles. The maximum atomic E-state index is 13.3. The summed E-state index contributed by atoms with van der Waals surface area (Å²) in [6, 6.07) is 8.15. The summed E-state index contributed by atoms with van der Waals surface area (Å²) in [4.78, 5) is 28.7. The van der Waals surface area contributed by atoms with Crippen molar-refractivity contribution in [1.29, 1.82) is 0 Å². The molecule has 3 N–H and O–H groups in total. The number of ether oxygens (including phenoxy) is 1. The predicted octanol–water partition coefficient (Wildman–Crippen LogP) is 2.99. The Morgan fingerprint density at radius 3 is 2.94 bits per heavy atom. The van der Waals surface area contributed by atoms with Gasteiger partial charge in [0.2, 0.25) is 0 Å². The molecule has 33 heavy (non-hydrogen) atoms. The number of nitrogens with zero attached hydrogens (tertiary/aromatic N) is 4. The minimum absolute atomic E-state index is 0.147. The molecule has 1 unspecified atom stereocenters. The van der Waals surface area contributed by atoms with Gasteiger partial charge in [0.15, 0.2) is 11.6 Å². The van der Waals surface area contributed by atoms with Crippen molar-refractivity contribution in [3.8, 4) is 11.3 Å². The average Bonchev–Trinajstić information content (AvgIpc) is 2.84. The largest absolute Gasteiger partial charge is 0.385 e. The smallest absolute Gasteiger partial charge is 0.189 e. The first-order valence-corrected chi connectivity index (χ1v) is 11.4. The molecule has 2 aromatic heterocycles. The van der Waals surface area contributed by atoms with Gasteiger partial charge in [-0.3, -0.25) is 9.78 Å². The maximum Gasteiger partial charge on any atom is 0.189 e. The highest BCUT2D eigenvalue weighted by atomic mass is 16.5. The van der Waals surface area contributed by atoms with Crippen molar-refractivity contribution in [2.24, 2.45) is 5.92 Å². The van der Waals surface area contributed by atoms with Gasteiger partial charge in [0.05, 0.1) is 25.1 Å². The minimum atomic E-state index is -0.169. The number of anilines is 3. The third-order valence-corrected chi connectivity index (χ3v) is 6.26. The summed E-state index contributed by atoms with van der Waals surface area (Å²) < 4.78 is 5.46. The molecule has 1 atom stereocenters. The van der Waals surface area contributed by atoms with E-state index in [9.17, 15) is 4.79 Å². The average molecular weight is 445 g/mol. The molecular formula is C25H28N6O2. The molecule has 8 nitrogen and oxygen atoms in total. The Morgan fingerprint density at radius 2 is 2.09 bits per heavy atom. The van der Waals surface area contributed by atoms with Crippen molar-refractivity contribution in [3.05, 3.63) is 59.7 Å². The van der Waals surface area contributed by atoms with E-state index in [1.54, 1.807) is 18.6 Å². The number of benzene rings is 1. The van der Waals surface area contributed by atoms with Gasteiger partial charge in [0, 0.05) is 61.0 Å². The lowest BCUT2D eigenvalue weighted by Gasteiger charge is -2.30. The molecule has 170 valence electrons. The highest BCUT2D eigenvalue weighted by molar-refractivity contribution is 6.00. The Kier molecular flexibility index (Phi) is 5.92. The van der Waals surface area contributed by atoms with Crippen LogP contribution >= 0.6 is 0 Å². The number of morpholine rings is 1. The van der Waals surface area contributed by atoms with E-state index in [2.05, 4.69) is 44.2 Å². The van der Waals surface area contributed by atoms with Crippen molar-refractivity contribution in [3.63, 3.8) is 0 Å². The van der Waals surface area contributed by atoms with Crippen molar-refractivity contribution >= 4 is 23.0 Å². The molecule has 0 saturated carbocycles. The molecule has 0 aliphatic carbocycles. The van der Waals surface area contributed by atoms with Crippen LogP contribution in [-0.2, 0) is 17.6 Å². The van der Waals surface area contributed by atoms with Crippen LogP contribution in [0, 0.1) is 5.92 Å². The molecular weight excluding hydrogens is 416 g/mol. The topological polar surface area (TPSA) is 106 Å². The van der Waals surface area contributed by atoms with Gasteiger partial charge in [-0.1, -0.05) is 13.0 Å². The van der Waals surface area contributed by atoms with E-state index < -0.39 is 0 Å². The summed E-state index contributed by atoms with van der Waals surface area (Å²) in [6.45, 7) is 6.12. The number of rotatable bonds is 5. The predicted molar refractivity (Wildman–Crippen MR) is 129 cm³/mol. The number of nitrogens with two attached hydrogens (primary N) is 1. The number of nitrogens with one attached hydrogen (secondary N) is 1. The minimum Gasteiger partial charge on any atom is -0.385 e. The Bertz CT molecular complexity index is 1180. The van der Waals surface area contributed by atoms with Gasteiger partial charge >= 0.3 is 0 Å². The second kappa shape index (κ2) is 9.15. The molecule has 2 aliphatic rings. The van der Waals surface area contributed by atoms with Gasteiger partial charge < -0.3 is 20.7 Å². The lowest BCUT2D eigenvalue weighted by molar-refractivity contribution is 0.0988. The second-order valence-corrected chi connectivity index (χ2v) is 8.75. The monoisotopic (exact) mass is 444 g/mol. The molecule has 2 aliphatic heterocycles. The fraction of sp³-hybridized carbons (Fsp3) is 0.360. The van der Waals surface area contributed by atoms with E-state index in [0.29, 0.717) is 24.8 Å². The summed E-state index contributed by atoms with van der Waals surface area (Å²) in [5.74, 6) is 0.550. The molecule has 1 aromatic carbocycles. The molecule has 3 aromatic rings. The van der Waals surface area contributed by atoms with Crippen molar-refractivity contribution < 1.29 is 9.53 Å². The number of carbonyl (C=O) groups is 1. The van der Waals surface area contributed by atoms with Gasteiger partial charge in [0.1, 0.15) is 5.69 Å². The highest BCUT2D eigenvalue weighted by Gasteiger charge is 2.21. The van der Waals surface area contributed by atoms with Crippen LogP contribution in [0.15, 0.2) is 42.9 Å². The van der Waals surface area contributed by atoms with Crippen LogP contribution < -0.4 is 16.0 Å². The summed E-state index contributed by atoms with van der Waals surface area (Å²) in [7, 11) is 0. The van der Waals surface area contributed by atoms with E-state index in [0.717, 1.165) is 48.6 Å². The zero-order chi connectivity index (χ0) is 22.8. The van der Waals surface area contributed by atoms with Crippen molar-refractivity contribution in [2.75, 3.05) is 48.8 Å². The van der Waals surface area contributed by atoms with Crippen LogP contribution in [0.4, 0.5) is 17.2 Å². The van der Waals surface area contributed by atoms with Gasteiger partial charge in [-0.15, -0.1) is 0 Å². The third-order valence-electron chi connectivity index (χ3n) is 6.26. The molecule has 0 bridgehead atoms. The van der Waals surface area contributed by atoms with Crippen LogP contribution in [0.1, 0.15) is 28.5 Å². The third kappa shape index (κ3) is 4.52. The number of aromatic nitrogens is 3. The van der Waals surface area contributed by atoms with E-state index in [1.807, 2.05) is 12.1 Å². The maximum absolute atomic E-state index is 13.3. The zero-order valence-electron chi connectivity index (χ0n) is 18.8. The van der Waals surface area contributed by atoms with Gasteiger partial charge in [-0.2, -0.15) is 0 Å². The van der Waals surface area contributed by atoms with Crippen LogP contribution in [0.2, 0.25) is 0 Å². The van der Waals surface area contributed by atoms with Gasteiger partial charge in [0.25, 0.3) is 0 Å². The number of hydrogen-bond acceptors (Lipinski definition) is 8. The SMILES string of the molecule is CC1CNc2ccc(-c3cnc(N)c(C(=O)Cc4cnccc4N4CCOCC4)n3)cc2C1. The lowest BCUT2D eigenvalue weighted by Crippen LogP contribution is -2.37. The van der Waals surface area contributed by atoms with Crippen LogP contribution in [0.3, 0.4) is 0 Å². The first-order valence-electron chi connectivity index (χ1n) is 11.4. The van der Waals surface area contributed by atoms with Crippen LogP contribution in [0.5, 0.6) is 0 Å². The Balaban J connectivity index is 1.41. The molecule has 0 amide bonds. The van der Waals surface area contributed by atoms with E-state index in [4.69, 9.17) is 10.5 Å². The van der Waals surface area contributed by atoms with Gasteiger partial charge in [-0.05, 0) is 36.1 Å². The summed E-state index contributed by atoms with van der Waals surface area (Å²) in [5.41, 5.74) is 12.1. The Morgan fingerprint density at radius 1 is 1.24 bits per heavy atom. The van der Waals surface area contributed by atoms with E-state index in [-0.39, 0.29) is 23.7 Å². The fourth-order valence-electron chi connectivity index (χ4n) is 4.49. The van der Waals surface area contributed by atoms with Crippen molar-refractivity contribution in [1.82, 2.24) is 15.0 Å². The Hall–Kier alpha value is -3.52. The number of Topliss-reactive ketones (excluding diaryl/α,β-unsaturated/α-hetero) is 1. The zero-order valence-corrected chi connectivity index (χ0v) is 18.8. The van der Waals surface area contributed by atoms with E-state index >= 15 is 0 Å². The number of nitrogen functional groups attached to an aromatic ring is 1. The van der Waals surface area contributed by atoms with Crippen LogP contribution in [0.25, 0.3) is 11.3 Å². The number of pyridine rings is 1. The molecule has 0 spiro atoms. The highest BCUT2D eigenvalue weighted by Crippen LogP contribution is 2.30. The molecule has 8 heteroatoms. The lowest BCUT2D eigenvalue weighted by atomic mass is 9.93. The standard InChI is InChI=1S/C25H28N6O2/c1-16-10-18-11-17(2-3-20(18)28-13-16)21-15-29-25(26)24(30-21)23(32)12-19-14-27-5-4-22(19)31-6-8-33-9-7-31/h2-5,11,14-16,28H,6-10,12-13H2,1H3,(H2,26,29). The molecule has 1 fully saturated rings. The quantitative estimate of drug-likeness (QED) is 0.579. The fourth-order valence-corrected chi connectivity index (χ4v) is 4.49.